The van der Waals surface area contributed by atoms with Crippen LogP contribution in [0.1, 0.15) is 25.0 Å². The summed E-state index contributed by atoms with van der Waals surface area (Å²) in [5, 5.41) is 3.24. The molecular formula is C12H19FN2. The third-order valence-electron chi connectivity index (χ3n) is 2.13. The number of benzene rings is 1. The molecule has 0 heterocycles. The number of nitrogens with one attached hydrogen (secondary N) is 1. The lowest BCUT2D eigenvalue weighted by molar-refractivity contribution is 0.466. The summed E-state index contributed by atoms with van der Waals surface area (Å²) in [6.07, 6.45) is 0. The molecule has 0 saturated heterocycles. The fraction of sp³-hybridized carbons (Fsp3) is 0.500. The van der Waals surface area contributed by atoms with Crippen molar-refractivity contribution in [2.45, 2.75) is 32.9 Å². The largest absolute Gasteiger partial charge is 0.324 e. The van der Waals surface area contributed by atoms with Crippen LogP contribution in [0.15, 0.2) is 18.2 Å². The Kier molecular flexibility index (Phi) is 3.83. The second-order valence-electron chi connectivity index (χ2n) is 4.68. The molecule has 0 fully saturated rings. The van der Waals surface area contributed by atoms with Crippen LogP contribution in [0.2, 0.25) is 0 Å². The molecule has 84 valence electrons. The zero-order valence-electron chi connectivity index (χ0n) is 9.60. The lowest BCUT2D eigenvalue weighted by Gasteiger charge is -2.19. The number of nitrogens with two attached hydrogens (primary N) is 1. The molecule has 0 aliphatic rings. The van der Waals surface area contributed by atoms with E-state index in [9.17, 15) is 4.39 Å². The fourth-order valence-electron chi connectivity index (χ4n) is 1.35. The average Bonchev–Trinajstić information content (AvgIpc) is 2.09. The summed E-state index contributed by atoms with van der Waals surface area (Å²) in [5.74, 6) is -0.155. The van der Waals surface area contributed by atoms with Crippen LogP contribution in [0, 0.1) is 12.7 Å². The van der Waals surface area contributed by atoms with E-state index in [2.05, 4.69) is 5.32 Å². The number of rotatable bonds is 4. The van der Waals surface area contributed by atoms with Crippen LogP contribution in [0.4, 0.5) is 4.39 Å². The molecule has 3 N–H and O–H groups in total. The molecule has 0 unspecified atom stereocenters. The molecule has 2 nitrogen and oxygen atoms in total. The zero-order valence-corrected chi connectivity index (χ0v) is 9.60. The average molecular weight is 210 g/mol. The maximum Gasteiger partial charge on any atom is 0.126 e. The van der Waals surface area contributed by atoms with Gasteiger partial charge in [-0.1, -0.05) is 12.1 Å². The van der Waals surface area contributed by atoms with Crippen molar-refractivity contribution < 1.29 is 4.39 Å². The van der Waals surface area contributed by atoms with Crippen molar-refractivity contribution in [2.24, 2.45) is 5.73 Å². The smallest absolute Gasteiger partial charge is 0.126 e. The summed E-state index contributed by atoms with van der Waals surface area (Å²) in [6.45, 7) is 7.17. The van der Waals surface area contributed by atoms with E-state index in [0.29, 0.717) is 5.56 Å². The first-order chi connectivity index (χ1) is 6.88. The summed E-state index contributed by atoms with van der Waals surface area (Å²) in [5.41, 5.74) is 7.38. The minimum absolute atomic E-state index is 0.155. The van der Waals surface area contributed by atoms with Crippen molar-refractivity contribution >= 4 is 0 Å². The Morgan fingerprint density at radius 3 is 2.60 bits per heavy atom. The Morgan fingerprint density at radius 1 is 1.40 bits per heavy atom. The number of aryl methyl sites for hydroxylation is 1. The molecule has 1 rings (SSSR count). The second kappa shape index (κ2) is 4.73. The lowest BCUT2D eigenvalue weighted by atomic mass is 10.1. The normalized spacial score (nSPS) is 11.8. The molecule has 15 heavy (non-hydrogen) atoms. The Labute approximate surface area is 90.7 Å². The molecule has 1 aromatic rings. The Balaban J connectivity index is 2.48. The molecule has 1 aromatic carbocycles. The monoisotopic (exact) mass is 210 g/mol. The van der Waals surface area contributed by atoms with Gasteiger partial charge in [-0.05, 0) is 38.0 Å². The van der Waals surface area contributed by atoms with E-state index in [4.69, 9.17) is 5.73 Å². The Hall–Kier alpha value is -0.930. The second-order valence-corrected chi connectivity index (χ2v) is 4.68. The minimum atomic E-state index is -0.213. The van der Waals surface area contributed by atoms with Gasteiger partial charge in [0.1, 0.15) is 5.82 Å². The van der Waals surface area contributed by atoms with Crippen LogP contribution in [0.3, 0.4) is 0 Å². The van der Waals surface area contributed by atoms with Gasteiger partial charge in [-0.25, -0.2) is 4.39 Å². The van der Waals surface area contributed by atoms with Crippen LogP contribution in [0.25, 0.3) is 0 Å². The predicted octanol–water partition coefficient (Wildman–Crippen LogP) is 1.96. The van der Waals surface area contributed by atoms with Crippen molar-refractivity contribution in [2.75, 3.05) is 6.54 Å². The van der Waals surface area contributed by atoms with Crippen LogP contribution >= 0.6 is 0 Å². The van der Waals surface area contributed by atoms with Gasteiger partial charge in [-0.3, -0.25) is 0 Å². The van der Waals surface area contributed by atoms with E-state index >= 15 is 0 Å². The van der Waals surface area contributed by atoms with Crippen molar-refractivity contribution in [3.63, 3.8) is 0 Å². The van der Waals surface area contributed by atoms with Crippen LogP contribution in [-0.2, 0) is 6.54 Å². The van der Waals surface area contributed by atoms with Gasteiger partial charge < -0.3 is 11.1 Å². The van der Waals surface area contributed by atoms with Crippen molar-refractivity contribution in [1.82, 2.24) is 5.32 Å². The van der Waals surface area contributed by atoms with Gasteiger partial charge in [0, 0.05) is 18.6 Å². The lowest BCUT2D eigenvalue weighted by Crippen LogP contribution is -2.42. The summed E-state index contributed by atoms with van der Waals surface area (Å²) < 4.78 is 13.0. The molecule has 3 heteroatoms. The minimum Gasteiger partial charge on any atom is -0.324 e. The van der Waals surface area contributed by atoms with Gasteiger partial charge >= 0.3 is 0 Å². The molecule has 0 amide bonds. The van der Waals surface area contributed by atoms with E-state index in [1.807, 2.05) is 19.9 Å². The number of hydrogen-bond donors (Lipinski definition) is 2. The van der Waals surface area contributed by atoms with Gasteiger partial charge in [0.15, 0.2) is 0 Å². The van der Waals surface area contributed by atoms with E-state index < -0.39 is 0 Å². The highest BCUT2D eigenvalue weighted by atomic mass is 19.1. The van der Waals surface area contributed by atoms with Gasteiger partial charge in [-0.15, -0.1) is 0 Å². The molecule has 0 spiro atoms. The van der Waals surface area contributed by atoms with Crippen LogP contribution in [-0.4, -0.2) is 12.1 Å². The number of halogens is 1. The maximum atomic E-state index is 13.0. The maximum absolute atomic E-state index is 13.0. The highest BCUT2D eigenvalue weighted by Crippen LogP contribution is 2.09. The first-order valence-corrected chi connectivity index (χ1v) is 5.13. The molecule has 0 atom stereocenters. The van der Waals surface area contributed by atoms with Gasteiger partial charge in [0.2, 0.25) is 0 Å². The van der Waals surface area contributed by atoms with E-state index in [-0.39, 0.29) is 11.4 Å². The topological polar surface area (TPSA) is 38.0 Å². The third kappa shape index (κ3) is 4.40. The summed E-state index contributed by atoms with van der Waals surface area (Å²) in [4.78, 5) is 0. The van der Waals surface area contributed by atoms with Crippen molar-refractivity contribution in [1.29, 1.82) is 0 Å². The van der Waals surface area contributed by atoms with Crippen molar-refractivity contribution in [3.05, 3.63) is 35.1 Å². The summed E-state index contributed by atoms with van der Waals surface area (Å²) in [7, 11) is 0. The molecular weight excluding hydrogens is 191 g/mol. The Bertz CT molecular complexity index is 329. The fourth-order valence-corrected chi connectivity index (χ4v) is 1.35. The summed E-state index contributed by atoms with van der Waals surface area (Å²) >= 11 is 0. The third-order valence-corrected chi connectivity index (χ3v) is 2.13. The van der Waals surface area contributed by atoms with Crippen LogP contribution in [0.5, 0.6) is 0 Å². The molecule has 0 aliphatic heterocycles. The first kappa shape index (κ1) is 12.1. The van der Waals surface area contributed by atoms with E-state index in [0.717, 1.165) is 18.7 Å². The standard InChI is InChI=1S/C12H19FN2/c1-9-6-10(4-5-11(9)13)7-15-8-12(2,3)14/h4-6,15H,7-8,14H2,1-3H3. The zero-order chi connectivity index (χ0) is 11.5. The Morgan fingerprint density at radius 2 is 2.07 bits per heavy atom. The number of hydrogen-bond acceptors (Lipinski definition) is 2. The molecule has 0 aromatic heterocycles. The highest BCUT2D eigenvalue weighted by molar-refractivity contribution is 5.23. The molecule has 0 bridgehead atoms. The SMILES string of the molecule is Cc1cc(CNCC(C)(C)N)ccc1F. The van der Waals surface area contributed by atoms with E-state index in [1.54, 1.807) is 13.0 Å². The molecule has 0 aliphatic carbocycles. The van der Waals surface area contributed by atoms with E-state index in [1.165, 1.54) is 6.07 Å². The summed E-state index contributed by atoms with van der Waals surface area (Å²) in [6, 6.07) is 5.14. The highest BCUT2D eigenvalue weighted by Gasteiger charge is 2.09. The van der Waals surface area contributed by atoms with Gasteiger partial charge in [0.25, 0.3) is 0 Å². The van der Waals surface area contributed by atoms with Gasteiger partial charge in [0.05, 0.1) is 0 Å². The first-order valence-electron chi connectivity index (χ1n) is 5.13. The van der Waals surface area contributed by atoms with Crippen molar-refractivity contribution in [3.8, 4) is 0 Å². The molecule has 0 radical (unpaired) electrons. The van der Waals surface area contributed by atoms with Crippen LogP contribution < -0.4 is 11.1 Å². The quantitative estimate of drug-likeness (QED) is 0.797. The van der Waals surface area contributed by atoms with Gasteiger partial charge in [-0.2, -0.15) is 0 Å². The molecule has 0 saturated carbocycles. The predicted molar refractivity (Wildman–Crippen MR) is 61.1 cm³/mol.